The number of nitrogens with one attached hydrogen (secondary N) is 1. The van der Waals surface area contributed by atoms with E-state index < -0.39 is 0 Å². The minimum absolute atomic E-state index is 0.198. The highest BCUT2D eigenvalue weighted by Gasteiger charge is 2.10. The number of rotatable bonds is 6. The molecule has 0 aliphatic carbocycles. The quantitative estimate of drug-likeness (QED) is 0.755. The van der Waals surface area contributed by atoms with Gasteiger partial charge in [0.05, 0.1) is 0 Å². The molecular formula is C18H19N3O3. The van der Waals surface area contributed by atoms with Crippen molar-refractivity contribution < 1.29 is 9.21 Å². The van der Waals surface area contributed by atoms with Gasteiger partial charge in [0, 0.05) is 31.0 Å². The number of nitrogens with zero attached hydrogens (tertiary/aromatic N) is 2. The third-order valence-corrected chi connectivity index (χ3v) is 3.67. The van der Waals surface area contributed by atoms with Crippen LogP contribution in [0.2, 0.25) is 0 Å². The SMILES string of the molecule is CCCn1nc(C(=O)NCCc2cc3ccccc3o2)ccc1=O. The van der Waals surface area contributed by atoms with Crippen molar-refractivity contribution in [2.75, 3.05) is 6.54 Å². The van der Waals surface area contributed by atoms with Crippen LogP contribution in [0.15, 0.2) is 51.7 Å². The number of aryl methyl sites for hydroxylation is 1. The van der Waals surface area contributed by atoms with Crippen LogP contribution in [0, 0.1) is 0 Å². The van der Waals surface area contributed by atoms with Gasteiger partial charge in [-0.2, -0.15) is 5.10 Å². The largest absolute Gasteiger partial charge is 0.461 e. The topological polar surface area (TPSA) is 77.1 Å². The van der Waals surface area contributed by atoms with Crippen LogP contribution >= 0.6 is 0 Å². The van der Waals surface area contributed by atoms with Crippen molar-refractivity contribution >= 4 is 16.9 Å². The molecule has 0 bridgehead atoms. The molecule has 1 amide bonds. The maximum atomic E-state index is 12.2. The van der Waals surface area contributed by atoms with Crippen molar-refractivity contribution in [3.05, 3.63) is 64.3 Å². The average Bonchev–Trinajstić information content (AvgIpc) is 2.99. The van der Waals surface area contributed by atoms with Gasteiger partial charge in [0.15, 0.2) is 0 Å². The summed E-state index contributed by atoms with van der Waals surface area (Å²) in [6, 6.07) is 12.6. The predicted molar refractivity (Wildman–Crippen MR) is 91.0 cm³/mol. The van der Waals surface area contributed by atoms with Crippen molar-refractivity contribution in [1.82, 2.24) is 15.1 Å². The Morgan fingerprint density at radius 3 is 2.88 bits per heavy atom. The van der Waals surface area contributed by atoms with Gasteiger partial charge in [-0.25, -0.2) is 4.68 Å². The lowest BCUT2D eigenvalue weighted by atomic mass is 10.2. The maximum absolute atomic E-state index is 12.2. The Bertz CT molecular complexity index is 878. The number of hydrogen-bond acceptors (Lipinski definition) is 4. The molecule has 6 heteroatoms. The molecule has 1 N–H and O–H groups in total. The van der Waals surface area contributed by atoms with Crippen LogP contribution in [0.3, 0.4) is 0 Å². The summed E-state index contributed by atoms with van der Waals surface area (Å²) in [6.45, 7) is 2.89. The number of carbonyl (C=O) groups excluding carboxylic acids is 1. The van der Waals surface area contributed by atoms with Crippen molar-refractivity contribution in [2.24, 2.45) is 0 Å². The summed E-state index contributed by atoms with van der Waals surface area (Å²) in [5.74, 6) is 0.524. The molecule has 0 atom stereocenters. The van der Waals surface area contributed by atoms with Gasteiger partial charge in [0.25, 0.3) is 11.5 Å². The molecule has 2 heterocycles. The predicted octanol–water partition coefficient (Wildman–Crippen LogP) is 2.37. The first-order valence-corrected chi connectivity index (χ1v) is 8.01. The fraction of sp³-hybridized carbons (Fsp3) is 0.278. The Kier molecular flexibility index (Phi) is 4.74. The molecule has 6 nitrogen and oxygen atoms in total. The van der Waals surface area contributed by atoms with Crippen molar-refractivity contribution in [3.63, 3.8) is 0 Å². The number of fused-ring (bicyclic) bond motifs is 1. The smallest absolute Gasteiger partial charge is 0.271 e. The average molecular weight is 325 g/mol. The van der Waals surface area contributed by atoms with E-state index in [0.717, 1.165) is 23.2 Å². The minimum Gasteiger partial charge on any atom is -0.461 e. The van der Waals surface area contributed by atoms with E-state index >= 15 is 0 Å². The van der Waals surface area contributed by atoms with Gasteiger partial charge >= 0.3 is 0 Å². The molecule has 0 fully saturated rings. The second-order valence-corrected chi connectivity index (χ2v) is 5.54. The molecule has 0 aliphatic rings. The van der Waals surface area contributed by atoms with Crippen LogP contribution in [0.4, 0.5) is 0 Å². The highest BCUT2D eigenvalue weighted by molar-refractivity contribution is 5.92. The van der Waals surface area contributed by atoms with Gasteiger partial charge in [-0.05, 0) is 24.6 Å². The van der Waals surface area contributed by atoms with Crippen LogP contribution < -0.4 is 10.9 Å². The molecular weight excluding hydrogens is 306 g/mol. The molecule has 0 aliphatic heterocycles. The Morgan fingerprint density at radius 1 is 1.25 bits per heavy atom. The van der Waals surface area contributed by atoms with E-state index in [-0.39, 0.29) is 17.2 Å². The second-order valence-electron chi connectivity index (χ2n) is 5.54. The molecule has 24 heavy (non-hydrogen) atoms. The van der Waals surface area contributed by atoms with E-state index in [2.05, 4.69) is 10.4 Å². The summed E-state index contributed by atoms with van der Waals surface area (Å²) in [7, 11) is 0. The van der Waals surface area contributed by atoms with Crippen LogP contribution in [0.1, 0.15) is 29.6 Å². The molecule has 3 rings (SSSR count). The van der Waals surface area contributed by atoms with Gasteiger partial charge in [-0.3, -0.25) is 9.59 Å². The normalized spacial score (nSPS) is 10.9. The van der Waals surface area contributed by atoms with Crippen molar-refractivity contribution in [3.8, 4) is 0 Å². The van der Waals surface area contributed by atoms with Gasteiger partial charge in [0.1, 0.15) is 17.0 Å². The molecule has 0 spiro atoms. The molecule has 124 valence electrons. The fourth-order valence-corrected chi connectivity index (χ4v) is 2.49. The summed E-state index contributed by atoms with van der Waals surface area (Å²) >= 11 is 0. The minimum atomic E-state index is -0.295. The Labute approximate surface area is 139 Å². The third-order valence-electron chi connectivity index (χ3n) is 3.67. The lowest BCUT2D eigenvalue weighted by molar-refractivity contribution is 0.0946. The van der Waals surface area contributed by atoms with Crippen LogP contribution in [0.5, 0.6) is 0 Å². The number of para-hydroxylation sites is 1. The van der Waals surface area contributed by atoms with E-state index in [1.165, 1.54) is 16.8 Å². The van der Waals surface area contributed by atoms with Gasteiger partial charge < -0.3 is 9.73 Å². The lowest BCUT2D eigenvalue weighted by Gasteiger charge is -2.06. The van der Waals surface area contributed by atoms with E-state index in [9.17, 15) is 9.59 Å². The van der Waals surface area contributed by atoms with E-state index in [1.807, 2.05) is 37.3 Å². The lowest BCUT2D eigenvalue weighted by Crippen LogP contribution is -2.30. The highest BCUT2D eigenvalue weighted by atomic mass is 16.3. The Morgan fingerprint density at radius 2 is 2.08 bits per heavy atom. The zero-order valence-corrected chi connectivity index (χ0v) is 13.5. The first-order chi connectivity index (χ1) is 11.7. The fourth-order valence-electron chi connectivity index (χ4n) is 2.49. The number of amides is 1. The highest BCUT2D eigenvalue weighted by Crippen LogP contribution is 2.18. The Balaban J connectivity index is 1.61. The monoisotopic (exact) mass is 325 g/mol. The zero-order valence-electron chi connectivity index (χ0n) is 13.5. The zero-order chi connectivity index (χ0) is 16.9. The third kappa shape index (κ3) is 3.53. The maximum Gasteiger partial charge on any atom is 0.271 e. The molecule has 0 radical (unpaired) electrons. The summed E-state index contributed by atoms with van der Waals surface area (Å²) < 4.78 is 7.02. The van der Waals surface area contributed by atoms with E-state index in [4.69, 9.17) is 4.42 Å². The number of hydrogen-bond donors (Lipinski definition) is 1. The van der Waals surface area contributed by atoms with Gasteiger partial charge in [-0.15, -0.1) is 0 Å². The summed E-state index contributed by atoms with van der Waals surface area (Å²) in [5.41, 5.74) is 0.885. The Hall–Kier alpha value is -2.89. The van der Waals surface area contributed by atoms with Crippen molar-refractivity contribution in [2.45, 2.75) is 26.3 Å². The first kappa shape index (κ1) is 16.0. The molecule has 0 saturated carbocycles. The van der Waals surface area contributed by atoms with Crippen LogP contribution in [-0.2, 0) is 13.0 Å². The molecule has 3 aromatic rings. The second kappa shape index (κ2) is 7.12. The standard InChI is InChI=1S/C18H19N3O3/c1-2-11-21-17(22)8-7-15(20-21)18(23)19-10-9-14-12-13-5-3-4-6-16(13)24-14/h3-8,12H,2,9-11H2,1H3,(H,19,23). The summed E-state index contributed by atoms with van der Waals surface area (Å²) in [4.78, 5) is 23.8. The summed E-state index contributed by atoms with van der Waals surface area (Å²) in [6.07, 6.45) is 1.37. The number of furan rings is 1. The van der Waals surface area contributed by atoms with Gasteiger partial charge in [0.2, 0.25) is 0 Å². The number of carbonyl (C=O) groups is 1. The number of aromatic nitrogens is 2. The number of benzene rings is 1. The van der Waals surface area contributed by atoms with E-state index in [1.54, 1.807) is 0 Å². The molecule has 0 unspecified atom stereocenters. The molecule has 2 aromatic heterocycles. The van der Waals surface area contributed by atoms with Crippen LogP contribution in [-0.4, -0.2) is 22.2 Å². The first-order valence-electron chi connectivity index (χ1n) is 8.01. The van der Waals surface area contributed by atoms with E-state index in [0.29, 0.717) is 19.5 Å². The molecule has 1 aromatic carbocycles. The van der Waals surface area contributed by atoms with Gasteiger partial charge in [-0.1, -0.05) is 25.1 Å². The summed E-state index contributed by atoms with van der Waals surface area (Å²) in [5, 5.41) is 7.94. The molecule has 0 saturated heterocycles. The van der Waals surface area contributed by atoms with Crippen LogP contribution in [0.25, 0.3) is 11.0 Å². The van der Waals surface area contributed by atoms with Crippen molar-refractivity contribution in [1.29, 1.82) is 0 Å².